The molecule has 2 atom stereocenters. The molecular formula is C15H18N2O4. The van der Waals surface area contributed by atoms with E-state index in [1.807, 2.05) is 6.07 Å². The van der Waals surface area contributed by atoms with Crippen molar-refractivity contribution in [3.63, 3.8) is 0 Å². The molecular weight excluding hydrogens is 272 g/mol. The molecule has 3 aliphatic rings. The third-order valence-electron chi connectivity index (χ3n) is 4.56. The minimum atomic E-state index is -0.335. The standard InChI is InChI=1S/C15H18N2O4/c1-19-15(18)12-4-9-5-20-8-13(9)16-14(12)17-10-2-3-11(17)7-21-6-10/h4,10-11H,2-3,5-8H2,1H3. The molecule has 1 aromatic rings. The summed E-state index contributed by atoms with van der Waals surface area (Å²) in [6.45, 7) is 2.44. The zero-order valence-electron chi connectivity index (χ0n) is 12.0. The van der Waals surface area contributed by atoms with Crippen molar-refractivity contribution in [2.45, 2.75) is 38.1 Å². The molecule has 2 bridgehead atoms. The van der Waals surface area contributed by atoms with Gasteiger partial charge in [0.2, 0.25) is 0 Å². The highest BCUT2D eigenvalue weighted by Crippen LogP contribution is 2.36. The average molecular weight is 290 g/mol. The number of morpholine rings is 1. The van der Waals surface area contributed by atoms with E-state index in [0.717, 1.165) is 29.9 Å². The molecule has 2 saturated heterocycles. The van der Waals surface area contributed by atoms with Gasteiger partial charge in [-0.3, -0.25) is 0 Å². The second kappa shape index (κ2) is 4.96. The quantitative estimate of drug-likeness (QED) is 0.764. The van der Waals surface area contributed by atoms with Gasteiger partial charge >= 0.3 is 5.97 Å². The summed E-state index contributed by atoms with van der Waals surface area (Å²) >= 11 is 0. The molecule has 0 spiro atoms. The van der Waals surface area contributed by atoms with Gasteiger partial charge < -0.3 is 19.1 Å². The van der Waals surface area contributed by atoms with Crippen molar-refractivity contribution < 1.29 is 19.0 Å². The molecule has 6 heteroatoms. The van der Waals surface area contributed by atoms with Gasteiger partial charge in [-0.1, -0.05) is 0 Å². The molecule has 0 aliphatic carbocycles. The summed E-state index contributed by atoms with van der Waals surface area (Å²) in [4.78, 5) is 19.1. The van der Waals surface area contributed by atoms with Crippen LogP contribution in [0.15, 0.2) is 6.07 Å². The number of fused-ring (bicyclic) bond motifs is 3. The maximum absolute atomic E-state index is 12.1. The van der Waals surface area contributed by atoms with E-state index in [-0.39, 0.29) is 5.97 Å². The van der Waals surface area contributed by atoms with Crippen LogP contribution >= 0.6 is 0 Å². The van der Waals surface area contributed by atoms with Crippen LogP contribution < -0.4 is 4.90 Å². The number of carbonyl (C=O) groups excluding carboxylic acids is 1. The van der Waals surface area contributed by atoms with Crippen molar-refractivity contribution in [1.82, 2.24) is 4.98 Å². The number of methoxy groups -OCH3 is 1. The lowest BCUT2D eigenvalue weighted by Gasteiger charge is -2.36. The Balaban J connectivity index is 1.81. The van der Waals surface area contributed by atoms with E-state index in [4.69, 9.17) is 19.2 Å². The fourth-order valence-corrected chi connectivity index (χ4v) is 3.52. The van der Waals surface area contributed by atoms with E-state index in [9.17, 15) is 4.79 Å². The number of pyridine rings is 1. The molecule has 6 nitrogen and oxygen atoms in total. The average Bonchev–Trinajstić information content (AvgIpc) is 3.06. The first kappa shape index (κ1) is 13.0. The van der Waals surface area contributed by atoms with Gasteiger partial charge in [-0.2, -0.15) is 0 Å². The Bertz CT molecular complexity index is 573. The Morgan fingerprint density at radius 3 is 2.76 bits per heavy atom. The normalized spacial score (nSPS) is 26.8. The Hall–Kier alpha value is -1.66. The largest absolute Gasteiger partial charge is 0.465 e. The molecule has 4 heterocycles. The highest BCUT2D eigenvalue weighted by atomic mass is 16.5. The number of rotatable bonds is 2. The molecule has 3 aliphatic heterocycles. The van der Waals surface area contributed by atoms with Crippen LogP contribution in [0, 0.1) is 0 Å². The molecule has 0 radical (unpaired) electrons. The lowest BCUT2D eigenvalue weighted by molar-refractivity contribution is 0.0597. The summed E-state index contributed by atoms with van der Waals surface area (Å²) in [7, 11) is 1.41. The Morgan fingerprint density at radius 2 is 2.05 bits per heavy atom. The van der Waals surface area contributed by atoms with Crippen LogP contribution in [0.5, 0.6) is 0 Å². The number of anilines is 1. The Labute approximate surface area is 123 Å². The monoisotopic (exact) mass is 290 g/mol. The van der Waals surface area contributed by atoms with Crippen molar-refractivity contribution in [3.05, 3.63) is 22.9 Å². The van der Waals surface area contributed by atoms with Gasteiger partial charge in [-0.15, -0.1) is 0 Å². The molecule has 21 heavy (non-hydrogen) atoms. The summed E-state index contributed by atoms with van der Waals surface area (Å²) in [6.07, 6.45) is 2.17. The SMILES string of the molecule is COC(=O)c1cc2c(nc1N1C3CCC1COC3)COC2. The first-order chi connectivity index (χ1) is 10.3. The first-order valence-corrected chi connectivity index (χ1v) is 7.33. The minimum Gasteiger partial charge on any atom is -0.465 e. The van der Waals surface area contributed by atoms with Crippen molar-refractivity contribution in [2.24, 2.45) is 0 Å². The Morgan fingerprint density at radius 1 is 1.29 bits per heavy atom. The van der Waals surface area contributed by atoms with E-state index < -0.39 is 0 Å². The number of hydrogen-bond donors (Lipinski definition) is 0. The van der Waals surface area contributed by atoms with Crippen LogP contribution in [0.2, 0.25) is 0 Å². The summed E-state index contributed by atoms with van der Waals surface area (Å²) in [6, 6.07) is 2.49. The zero-order chi connectivity index (χ0) is 14.4. The van der Waals surface area contributed by atoms with Crippen LogP contribution in [0.4, 0.5) is 5.82 Å². The zero-order valence-corrected chi connectivity index (χ0v) is 12.0. The fraction of sp³-hybridized carbons (Fsp3) is 0.600. The third kappa shape index (κ3) is 2.01. The van der Waals surface area contributed by atoms with Gasteiger partial charge in [0, 0.05) is 5.56 Å². The van der Waals surface area contributed by atoms with Crippen LogP contribution in [0.1, 0.15) is 34.5 Å². The predicted molar refractivity (Wildman–Crippen MR) is 74.2 cm³/mol. The number of carbonyl (C=O) groups is 1. The second-order valence-electron chi connectivity index (χ2n) is 5.78. The highest BCUT2D eigenvalue weighted by molar-refractivity contribution is 5.95. The molecule has 0 amide bonds. The van der Waals surface area contributed by atoms with Gasteiger partial charge in [0.25, 0.3) is 0 Å². The van der Waals surface area contributed by atoms with Gasteiger partial charge in [0.1, 0.15) is 11.4 Å². The number of nitrogens with zero attached hydrogens (tertiary/aromatic N) is 2. The van der Waals surface area contributed by atoms with Crippen LogP contribution in [0.3, 0.4) is 0 Å². The van der Waals surface area contributed by atoms with Gasteiger partial charge in [0.05, 0.1) is 51.3 Å². The van der Waals surface area contributed by atoms with Crippen LogP contribution in [-0.2, 0) is 27.4 Å². The predicted octanol–water partition coefficient (Wildman–Crippen LogP) is 1.27. The van der Waals surface area contributed by atoms with Crippen LogP contribution in [0.25, 0.3) is 0 Å². The molecule has 2 unspecified atom stereocenters. The number of ether oxygens (including phenoxy) is 3. The van der Waals surface area contributed by atoms with Crippen molar-refractivity contribution in [1.29, 1.82) is 0 Å². The minimum absolute atomic E-state index is 0.306. The van der Waals surface area contributed by atoms with E-state index in [1.165, 1.54) is 7.11 Å². The molecule has 0 N–H and O–H groups in total. The van der Waals surface area contributed by atoms with Crippen molar-refractivity contribution >= 4 is 11.8 Å². The highest BCUT2D eigenvalue weighted by Gasteiger charge is 2.40. The molecule has 2 fully saturated rings. The lowest BCUT2D eigenvalue weighted by Crippen LogP contribution is -2.47. The molecule has 1 aromatic heterocycles. The van der Waals surface area contributed by atoms with Crippen molar-refractivity contribution in [2.75, 3.05) is 25.2 Å². The smallest absolute Gasteiger partial charge is 0.341 e. The van der Waals surface area contributed by atoms with Gasteiger partial charge in [-0.05, 0) is 18.9 Å². The maximum Gasteiger partial charge on any atom is 0.341 e. The maximum atomic E-state index is 12.1. The topological polar surface area (TPSA) is 60.9 Å². The molecule has 112 valence electrons. The summed E-state index contributed by atoms with van der Waals surface area (Å²) < 4.78 is 16.0. The first-order valence-electron chi connectivity index (χ1n) is 7.33. The second-order valence-corrected chi connectivity index (χ2v) is 5.78. The van der Waals surface area contributed by atoms with E-state index in [1.54, 1.807) is 0 Å². The van der Waals surface area contributed by atoms with Crippen molar-refractivity contribution in [3.8, 4) is 0 Å². The fourth-order valence-electron chi connectivity index (χ4n) is 3.52. The summed E-state index contributed by atoms with van der Waals surface area (Å²) in [5.74, 6) is 0.403. The van der Waals surface area contributed by atoms with E-state index >= 15 is 0 Å². The lowest BCUT2D eigenvalue weighted by atomic mass is 10.1. The number of aromatic nitrogens is 1. The number of esters is 1. The summed E-state index contributed by atoms with van der Waals surface area (Å²) in [5.41, 5.74) is 2.46. The van der Waals surface area contributed by atoms with Gasteiger partial charge in [-0.25, -0.2) is 9.78 Å². The van der Waals surface area contributed by atoms with Gasteiger partial charge in [0.15, 0.2) is 0 Å². The Kier molecular flexibility index (Phi) is 3.08. The summed E-state index contributed by atoms with van der Waals surface area (Å²) in [5, 5.41) is 0. The number of hydrogen-bond acceptors (Lipinski definition) is 6. The van der Waals surface area contributed by atoms with E-state index in [2.05, 4.69) is 4.90 Å². The molecule has 0 saturated carbocycles. The molecule has 0 aromatic carbocycles. The van der Waals surface area contributed by atoms with E-state index in [0.29, 0.717) is 44.1 Å². The molecule has 4 rings (SSSR count). The van der Waals surface area contributed by atoms with Crippen LogP contribution in [-0.4, -0.2) is 43.4 Å². The third-order valence-corrected chi connectivity index (χ3v) is 4.56.